The van der Waals surface area contributed by atoms with Crippen LogP contribution >= 0.6 is 11.6 Å². The third-order valence-corrected chi connectivity index (χ3v) is 5.26. The Kier molecular flexibility index (Phi) is 4.55. The van der Waals surface area contributed by atoms with E-state index in [0.29, 0.717) is 30.1 Å². The van der Waals surface area contributed by atoms with Gasteiger partial charge in [0.1, 0.15) is 0 Å². The Morgan fingerprint density at radius 1 is 0.962 bits per heavy atom. The highest BCUT2D eigenvalue weighted by molar-refractivity contribution is 6.30. The molecule has 2 aliphatic rings. The maximum atomic E-state index is 12.6. The van der Waals surface area contributed by atoms with Crippen LogP contribution < -0.4 is 10.2 Å². The largest absolute Gasteiger partial charge is 0.368 e. The minimum Gasteiger partial charge on any atom is -0.368 e. The fourth-order valence-electron chi connectivity index (χ4n) is 3.51. The van der Waals surface area contributed by atoms with Crippen LogP contribution in [-0.4, -0.2) is 42.9 Å². The van der Waals surface area contributed by atoms with Crippen LogP contribution in [0.15, 0.2) is 42.5 Å². The fraction of sp³-hybridized carbons (Fsp3) is 0.300. The summed E-state index contributed by atoms with van der Waals surface area (Å²) >= 11 is 5.89. The summed E-state index contributed by atoms with van der Waals surface area (Å²) in [6, 6.07) is 13.2. The lowest BCUT2D eigenvalue weighted by atomic mass is 10.0. The number of anilines is 2. The van der Waals surface area contributed by atoms with Crippen molar-refractivity contribution in [2.75, 3.05) is 36.4 Å². The molecule has 2 aromatic rings. The van der Waals surface area contributed by atoms with E-state index in [1.807, 2.05) is 17.0 Å². The fourth-order valence-corrected chi connectivity index (χ4v) is 3.64. The van der Waals surface area contributed by atoms with Crippen molar-refractivity contribution in [1.82, 2.24) is 4.90 Å². The van der Waals surface area contributed by atoms with Crippen LogP contribution in [-0.2, 0) is 11.2 Å². The number of amides is 2. The quantitative estimate of drug-likeness (QED) is 0.884. The van der Waals surface area contributed by atoms with E-state index >= 15 is 0 Å². The van der Waals surface area contributed by atoms with Crippen molar-refractivity contribution in [2.45, 2.75) is 12.8 Å². The molecule has 0 bridgehead atoms. The zero-order valence-corrected chi connectivity index (χ0v) is 15.1. The summed E-state index contributed by atoms with van der Waals surface area (Å²) in [5, 5.41) is 3.55. The van der Waals surface area contributed by atoms with Crippen LogP contribution in [0.5, 0.6) is 0 Å². The second kappa shape index (κ2) is 7.00. The third kappa shape index (κ3) is 3.40. The van der Waals surface area contributed by atoms with Gasteiger partial charge in [-0.25, -0.2) is 0 Å². The highest BCUT2D eigenvalue weighted by atomic mass is 35.5. The summed E-state index contributed by atoms with van der Waals surface area (Å²) in [7, 11) is 0. The van der Waals surface area contributed by atoms with Crippen molar-refractivity contribution in [1.29, 1.82) is 0 Å². The lowest BCUT2D eigenvalue weighted by Crippen LogP contribution is -2.48. The van der Waals surface area contributed by atoms with Crippen LogP contribution in [0.3, 0.4) is 0 Å². The summed E-state index contributed by atoms with van der Waals surface area (Å²) in [6.45, 7) is 2.97. The van der Waals surface area contributed by atoms with Gasteiger partial charge in [0, 0.05) is 54.6 Å². The van der Waals surface area contributed by atoms with E-state index in [9.17, 15) is 9.59 Å². The van der Waals surface area contributed by atoms with E-state index in [4.69, 9.17) is 11.6 Å². The number of hydrogen-bond acceptors (Lipinski definition) is 3. The molecule has 2 aliphatic heterocycles. The standard InChI is InChI=1S/C20H20ClN3O2/c21-16-4-1-14(2-5-16)20(26)24-11-9-23(10-12-24)17-6-7-18-15(13-17)3-8-19(25)22-18/h1-2,4-7,13H,3,8-12H2,(H,22,25). The van der Waals surface area contributed by atoms with E-state index in [-0.39, 0.29) is 11.8 Å². The van der Waals surface area contributed by atoms with Gasteiger partial charge in [0.2, 0.25) is 5.91 Å². The van der Waals surface area contributed by atoms with Gasteiger partial charge in [-0.3, -0.25) is 9.59 Å². The molecular weight excluding hydrogens is 350 g/mol. The van der Waals surface area contributed by atoms with Crippen molar-refractivity contribution in [3.8, 4) is 0 Å². The van der Waals surface area contributed by atoms with Gasteiger partial charge < -0.3 is 15.1 Å². The first kappa shape index (κ1) is 16.9. The molecule has 4 rings (SSSR count). The second-order valence-corrected chi connectivity index (χ2v) is 7.11. The van der Waals surface area contributed by atoms with Crippen LogP contribution in [0.1, 0.15) is 22.3 Å². The molecule has 0 aliphatic carbocycles. The molecule has 1 fully saturated rings. The molecule has 2 amide bonds. The van der Waals surface area contributed by atoms with E-state index in [1.165, 1.54) is 5.56 Å². The van der Waals surface area contributed by atoms with E-state index < -0.39 is 0 Å². The Morgan fingerprint density at radius 3 is 2.42 bits per heavy atom. The molecule has 2 aromatic carbocycles. The molecule has 5 nitrogen and oxygen atoms in total. The minimum absolute atomic E-state index is 0.0504. The highest BCUT2D eigenvalue weighted by Crippen LogP contribution is 2.28. The van der Waals surface area contributed by atoms with Gasteiger partial charge in [0.15, 0.2) is 0 Å². The number of halogens is 1. The molecule has 6 heteroatoms. The molecule has 134 valence electrons. The molecule has 1 N–H and O–H groups in total. The van der Waals surface area contributed by atoms with Gasteiger partial charge in [0.25, 0.3) is 5.91 Å². The topological polar surface area (TPSA) is 52.7 Å². The number of carbonyl (C=O) groups excluding carboxylic acids is 2. The first-order valence-corrected chi connectivity index (χ1v) is 9.20. The third-order valence-electron chi connectivity index (χ3n) is 5.01. The van der Waals surface area contributed by atoms with Crippen LogP contribution in [0.25, 0.3) is 0 Å². The average molecular weight is 370 g/mol. The summed E-state index contributed by atoms with van der Waals surface area (Å²) in [4.78, 5) is 28.3. The van der Waals surface area contributed by atoms with Gasteiger partial charge in [-0.15, -0.1) is 0 Å². The summed E-state index contributed by atoms with van der Waals surface area (Å²) in [5.41, 5.74) is 3.93. The molecule has 1 saturated heterocycles. The predicted octanol–water partition coefficient (Wildman–Crippen LogP) is 3.19. The lowest BCUT2D eigenvalue weighted by Gasteiger charge is -2.36. The first-order chi connectivity index (χ1) is 12.6. The Balaban J connectivity index is 1.41. The average Bonchev–Trinajstić information content (AvgIpc) is 2.68. The number of hydrogen-bond donors (Lipinski definition) is 1. The lowest BCUT2D eigenvalue weighted by molar-refractivity contribution is -0.116. The van der Waals surface area contributed by atoms with Gasteiger partial charge in [0.05, 0.1) is 0 Å². The summed E-state index contributed by atoms with van der Waals surface area (Å²) in [6.07, 6.45) is 1.32. The number of carbonyl (C=O) groups is 2. The molecule has 2 heterocycles. The van der Waals surface area contributed by atoms with Crippen molar-refractivity contribution in [3.63, 3.8) is 0 Å². The molecule has 0 aromatic heterocycles. The Morgan fingerprint density at radius 2 is 1.69 bits per heavy atom. The maximum Gasteiger partial charge on any atom is 0.253 e. The molecule has 0 saturated carbocycles. The number of benzene rings is 2. The number of fused-ring (bicyclic) bond motifs is 1. The van der Waals surface area contributed by atoms with Crippen LogP contribution in [0.2, 0.25) is 5.02 Å². The summed E-state index contributed by atoms with van der Waals surface area (Å²) < 4.78 is 0. The van der Waals surface area contributed by atoms with Gasteiger partial charge in [-0.2, -0.15) is 0 Å². The molecule has 26 heavy (non-hydrogen) atoms. The number of nitrogens with zero attached hydrogens (tertiary/aromatic N) is 2. The van der Waals surface area contributed by atoms with Crippen LogP contribution in [0, 0.1) is 0 Å². The van der Waals surface area contributed by atoms with E-state index in [0.717, 1.165) is 30.9 Å². The van der Waals surface area contributed by atoms with Crippen molar-refractivity contribution in [2.24, 2.45) is 0 Å². The first-order valence-electron chi connectivity index (χ1n) is 8.83. The van der Waals surface area contributed by atoms with Crippen LogP contribution in [0.4, 0.5) is 11.4 Å². The predicted molar refractivity (Wildman–Crippen MR) is 103 cm³/mol. The number of piperazine rings is 1. The van der Waals surface area contributed by atoms with E-state index in [2.05, 4.69) is 16.3 Å². The zero-order valence-electron chi connectivity index (χ0n) is 14.4. The number of nitrogens with one attached hydrogen (secondary N) is 1. The Labute approximate surface area is 157 Å². The smallest absolute Gasteiger partial charge is 0.253 e. The van der Waals surface area contributed by atoms with Crippen molar-refractivity contribution >= 4 is 34.8 Å². The minimum atomic E-state index is 0.0504. The zero-order chi connectivity index (χ0) is 18.1. The van der Waals surface area contributed by atoms with Gasteiger partial charge in [-0.05, 0) is 54.4 Å². The normalized spacial score (nSPS) is 16.9. The second-order valence-electron chi connectivity index (χ2n) is 6.68. The summed E-state index contributed by atoms with van der Waals surface area (Å²) in [5.74, 6) is 0.133. The Hall–Kier alpha value is -2.53. The highest BCUT2D eigenvalue weighted by Gasteiger charge is 2.23. The van der Waals surface area contributed by atoms with Crippen molar-refractivity contribution in [3.05, 3.63) is 58.6 Å². The molecular formula is C20H20ClN3O2. The SMILES string of the molecule is O=C1CCc2cc(N3CCN(C(=O)c4ccc(Cl)cc4)CC3)ccc2N1. The maximum absolute atomic E-state index is 12.6. The number of aryl methyl sites for hydroxylation is 1. The van der Waals surface area contributed by atoms with E-state index in [1.54, 1.807) is 24.3 Å². The molecule has 0 spiro atoms. The molecule has 0 unspecified atom stereocenters. The monoisotopic (exact) mass is 369 g/mol. The molecule has 0 radical (unpaired) electrons. The van der Waals surface area contributed by atoms with Gasteiger partial charge >= 0.3 is 0 Å². The molecule has 0 atom stereocenters. The van der Waals surface area contributed by atoms with Gasteiger partial charge in [-0.1, -0.05) is 11.6 Å². The number of rotatable bonds is 2. The Bertz CT molecular complexity index is 843. The van der Waals surface area contributed by atoms with Crippen molar-refractivity contribution < 1.29 is 9.59 Å².